The second-order valence-corrected chi connectivity index (χ2v) is 6.71. The fourth-order valence-corrected chi connectivity index (χ4v) is 1.63. The highest BCUT2D eigenvalue weighted by Crippen LogP contribution is 2.18. The van der Waals surface area contributed by atoms with Gasteiger partial charge in [-0.05, 0) is 19.3 Å². The summed E-state index contributed by atoms with van der Waals surface area (Å²) in [7, 11) is 1.64. The topological polar surface area (TPSA) is 85.0 Å². The molecule has 21 heavy (non-hydrogen) atoms. The summed E-state index contributed by atoms with van der Waals surface area (Å²) in [6, 6.07) is -0.588. The molecule has 0 bridgehead atoms. The van der Waals surface area contributed by atoms with Crippen LogP contribution in [0.3, 0.4) is 0 Å². The molecule has 0 spiro atoms. The van der Waals surface area contributed by atoms with Crippen LogP contribution >= 0.6 is 0 Å². The Morgan fingerprint density at radius 3 is 2.33 bits per heavy atom. The van der Waals surface area contributed by atoms with Crippen molar-refractivity contribution in [2.24, 2.45) is 11.1 Å². The van der Waals surface area contributed by atoms with Gasteiger partial charge in [0.1, 0.15) is 0 Å². The lowest BCUT2D eigenvalue weighted by Gasteiger charge is -2.30. The molecule has 0 aromatic heterocycles. The number of aliphatic hydroxyl groups excluding tert-OH is 1. The number of likely N-dealkylation sites (N-methyl/N-ethyl adjacent to an activating group) is 1. The van der Waals surface area contributed by atoms with E-state index in [4.69, 9.17) is 15.2 Å². The highest BCUT2D eigenvalue weighted by Gasteiger charge is 2.30. The quantitative estimate of drug-likeness (QED) is 0.610. The van der Waals surface area contributed by atoms with Gasteiger partial charge in [-0.3, -0.25) is 4.79 Å². The summed E-state index contributed by atoms with van der Waals surface area (Å²) < 4.78 is 10.6. The van der Waals surface area contributed by atoms with Crippen LogP contribution in [0.25, 0.3) is 0 Å². The van der Waals surface area contributed by atoms with E-state index in [1.165, 1.54) is 4.90 Å². The normalized spacial score (nSPS) is 15.1. The number of rotatable bonds is 9. The van der Waals surface area contributed by atoms with Gasteiger partial charge in [-0.2, -0.15) is 0 Å². The molecule has 0 aliphatic heterocycles. The highest BCUT2D eigenvalue weighted by atomic mass is 16.5. The molecule has 0 aromatic carbocycles. The number of nitrogens with zero attached hydrogens (tertiary/aromatic N) is 1. The maximum Gasteiger partial charge on any atom is 0.239 e. The van der Waals surface area contributed by atoms with Gasteiger partial charge in [0.05, 0.1) is 38.1 Å². The molecular weight excluding hydrogens is 272 g/mol. The second kappa shape index (κ2) is 9.35. The van der Waals surface area contributed by atoms with Gasteiger partial charge in [0, 0.05) is 13.6 Å². The summed E-state index contributed by atoms with van der Waals surface area (Å²) in [6.07, 6.45) is -0.564. The molecular formula is C15H32N2O4. The molecule has 1 unspecified atom stereocenters. The predicted octanol–water partition coefficient (Wildman–Crippen LogP) is 0.621. The van der Waals surface area contributed by atoms with Gasteiger partial charge >= 0.3 is 0 Å². The minimum Gasteiger partial charge on any atom is -0.389 e. The molecule has 0 radical (unpaired) electrons. The zero-order chi connectivity index (χ0) is 16.6. The lowest BCUT2D eigenvalue weighted by atomic mass is 9.86. The van der Waals surface area contributed by atoms with Crippen LogP contribution in [0.4, 0.5) is 0 Å². The first-order valence-electron chi connectivity index (χ1n) is 7.43. The molecule has 126 valence electrons. The van der Waals surface area contributed by atoms with E-state index in [1.807, 2.05) is 34.6 Å². The first-order chi connectivity index (χ1) is 9.55. The first kappa shape index (κ1) is 20.3. The number of aliphatic hydroxyl groups is 1. The summed E-state index contributed by atoms with van der Waals surface area (Å²) in [5.41, 5.74) is 5.61. The van der Waals surface area contributed by atoms with Crippen molar-refractivity contribution >= 4 is 5.91 Å². The van der Waals surface area contributed by atoms with Gasteiger partial charge in [0.2, 0.25) is 5.91 Å². The maximum absolute atomic E-state index is 12.1. The lowest BCUT2D eigenvalue weighted by molar-refractivity contribution is -0.135. The molecule has 1 amide bonds. The number of amides is 1. The Kier molecular flexibility index (Phi) is 9.04. The molecule has 0 aromatic rings. The minimum atomic E-state index is -0.731. The van der Waals surface area contributed by atoms with Gasteiger partial charge in [0.15, 0.2) is 0 Å². The van der Waals surface area contributed by atoms with Gasteiger partial charge in [-0.15, -0.1) is 0 Å². The van der Waals surface area contributed by atoms with E-state index < -0.39 is 12.1 Å². The van der Waals surface area contributed by atoms with Crippen molar-refractivity contribution in [3.05, 3.63) is 0 Å². The summed E-state index contributed by atoms with van der Waals surface area (Å²) in [4.78, 5) is 13.6. The fraction of sp³-hybridized carbons (Fsp3) is 0.933. The second-order valence-electron chi connectivity index (χ2n) is 6.71. The SMILES string of the molecule is CC(C)OCCOCC(O)CN(C)C(=O)[C@@H](N)C(C)(C)C. The lowest BCUT2D eigenvalue weighted by Crippen LogP contribution is -2.51. The Morgan fingerprint density at radius 1 is 1.29 bits per heavy atom. The van der Waals surface area contributed by atoms with Crippen LogP contribution in [-0.2, 0) is 14.3 Å². The van der Waals surface area contributed by atoms with Crippen molar-refractivity contribution in [1.29, 1.82) is 0 Å². The first-order valence-corrected chi connectivity index (χ1v) is 7.43. The summed E-state index contributed by atoms with van der Waals surface area (Å²) in [6.45, 7) is 10.9. The molecule has 0 saturated heterocycles. The fourth-order valence-electron chi connectivity index (χ4n) is 1.63. The van der Waals surface area contributed by atoms with Crippen LogP contribution in [-0.4, -0.2) is 67.6 Å². The number of hydrogen-bond donors (Lipinski definition) is 2. The van der Waals surface area contributed by atoms with Crippen molar-refractivity contribution in [2.45, 2.75) is 52.9 Å². The van der Waals surface area contributed by atoms with E-state index in [0.717, 1.165) is 0 Å². The average molecular weight is 304 g/mol. The van der Waals surface area contributed by atoms with Crippen LogP contribution in [0.2, 0.25) is 0 Å². The number of nitrogens with two attached hydrogens (primary N) is 1. The predicted molar refractivity (Wildman–Crippen MR) is 83.0 cm³/mol. The molecule has 0 saturated carbocycles. The van der Waals surface area contributed by atoms with E-state index in [-0.39, 0.29) is 30.6 Å². The maximum atomic E-state index is 12.1. The zero-order valence-corrected chi connectivity index (χ0v) is 14.3. The number of carbonyl (C=O) groups excluding carboxylic acids is 1. The largest absolute Gasteiger partial charge is 0.389 e. The monoisotopic (exact) mass is 304 g/mol. The zero-order valence-electron chi connectivity index (χ0n) is 14.3. The van der Waals surface area contributed by atoms with Crippen LogP contribution in [0.1, 0.15) is 34.6 Å². The average Bonchev–Trinajstić information content (AvgIpc) is 2.34. The van der Waals surface area contributed by atoms with Crippen LogP contribution in [0.15, 0.2) is 0 Å². The van der Waals surface area contributed by atoms with Crippen molar-refractivity contribution in [3.63, 3.8) is 0 Å². The van der Waals surface area contributed by atoms with Gasteiger partial charge < -0.3 is 25.2 Å². The van der Waals surface area contributed by atoms with E-state index in [1.54, 1.807) is 7.05 Å². The van der Waals surface area contributed by atoms with Gasteiger partial charge in [-0.1, -0.05) is 20.8 Å². The highest BCUT2D eigenvalue weighted by molar-refractivity contribution is 5.82. The molecule has 0 aliphatic rings. The Balaban J connectivity index is 3.98. The smallest absolute Gasteiger partial charge is 0.239 e. The summed E-state index contributed by atoms with van der Waals surface area (Å²) in [5.74, 6) is -0.176. The van der Waals surface area contributed by atoms with E-state index in [9.17, 15) is 9.90 Å². The van der Waals surface area contributed by atoms with Crippen molar-refractivity contribution in [3.8, 4) is 0 Å². The van der Waals surface area contributed by atoms with E-state index in [2.05, 4.69) is 0 Å². The Labute approximate surface area is 128 Å². The molecule has 6 nitrogen and oxygen atoms in total. The van der Waals surface area contributed by atoms with Crippen molar-refractivity contribution in [2.75, 3.05) is 33.4 Å². The van der Waals surface area contributed by atoms with E-state index >= 15 is 0 Å². The number of hydrogen-bond acceptors (Lipinski definition) is 5. The number of ether oxygens (including phenoxy) is 2. The molecule has 0 rings (SSSR count). The molecule has 0 fully saturated rings. The van der Waals surface area contributed by atoms with Crippen molar-refractivity contribution < 1.29 is 19.4 Å². The van der Waals surface area contributed by atoms with Crippen LogP contribution < -0.4 is 5.73 Å². The molecule has 6 heteroatoms. The third-order valence-corrected chi connectivity index (χ3v) is 3.05. The van der Waals surface area contributed by atoms with Gasteiger partial charge in [0.25, 0.3) is 0 Å². The third kappa shape index (κ3) is 9.03. The summed E-state index contributed by atoms with van der Waals surface area (Å²) in [5, 5.41) is 9.86. The Bertz CT molecular complexity index is 303. The standard InChI is InChI=1S/C15H32N2O4/c1-11(2)21-8-7-20-10-12(18)9-17(6)14(19)13(16)15(3,4)5/h11-13,18H,7-10,16H2,1-6H3/t12?,13-/m1/s1. The van der Waals surface area contributed by atoms with Gasteiger partial charge in [-0.25, -0.2) is 0 Å². The van der Waals surface area contributed by atoms with E-state index in [0.29, 0.717) is 13.2 Å². The molecule has 0 aliphatic carbocycles. The summed E-state index contributed by atoms with van der Waals surface area (Å²) >= 11 is 0. The van der Waals surface area contributed by atoms with Crippen LogP contribution in [0.5, 0.6) is 0 Å². The third-order valence-electron chi connectivity index (χ3n) is 3.05. The number of carbonyl (C=O) groups is 1. The Hall–Kier alpha value is -0.690. The molecule has 0 heterocycles. The molecule has 2 atom stereocenters. The molecule has 3 N–H and O–H groups in total. The van der Waals surface area contributed by atoms with Crippen LogP contribution in [0, 0.1) is 5.41 Å². The van der Waals surface area contributed by atoms with Crippen molar-refractivity contribution in [1.82, 2.24) is 4.90 Å². The minimum absolute atomic E-state index is 0.168. The Morgan fingerprint density at radius 2 is 1.86 bits per heavy atom.